The van der Waals surface area contributed by atoms with Crippen LogP contribution in [-0.2, 0) is 0 Å². The third-order valence-electron chi connectivity index (χ3n) is 7.83. The zero-order chi connectivity index (χ0) is 33.4. The Kier molecular flexibility index (Phi) is 4.60. The highest BCUT2D eigenvalue weighted by molar-refractivity contribution is 7.25. The van der Waals surface area contributed by atoms with Crippen molar-refractivity contribution in [3.05, 3.63) is 139 Å². The second-order valence-electron chi connectivity index (χ2n) is 10.5. The van der Waals surface area contributed by atoms with Crippen molar-refractivity contribution in [3.8, 4) is 45.3 Å². The van der Waals surface area contributed by atoms with Gasteiger partial charge in [-0.3, -0.25) is 0 Å². The largest absolute Gasteiger partial charge is 0.455 e. The molecule has 3 heterocycles. The van der Waals surface area contributed by atoms with E-state index in [1.165, 1.54) is 15.5 Å². The highest BCUT2D eigenvalue weighted by atomic mass is 32.1. The summed E-state index contributed by atoms with van der Waals surface area (Å²) in [6, 6.07) is 33.9. The minimum atomic E-state index is -0.435. The average Bonchev–Trinajstić information content (AvgIpc) is 3.71. The molecular weight excluding hydrogens is 559 g/mol. The number of furan rings is 1. The molecule has 0 N–H and O–H groups in total. The molecule has 9 rings (SSSR count). The Morgan fingerprint density at radius 3 is 1.98 bits per heavy atom. The Balaban J connectivity index is 1.22. The van der Waals surface area contributed by atoms with Crippen LogP contribution in [0, 0.1) is 0 Å². The first-order valence-corrected chi connectivity index (χ1v) is 14.9. The van der Waals surface area contributed by atoms with E-state index in [1.54, 1.807) is 23.5 Å². The standard InChI is InChI=1S/C39H23N3OS/c1-3-10-24(11-4-1)28-15-9-16-32-29-20-18-26(22-33(29)43-36(28)32)38-40-37(25-12-5-2-6-13-25)41-39(42-38)27-19-21-31-30-14-7-8-17-34(30)44-35(31)23-27/h1-23H/i1D,3D,4D,10D,11D. The summed E-state index contributed by atoms with van der Waals surface area (Å²) in [5.74, 6) is 1.58. The molecule has 5 heteroatoms. The van der Waals surface area contributed by atoms with E-state index >= 15 is 0 Å². The lowest BCUT2D eigenvalue weighted by atomic mass is 10.0. The van der Waals surface area contributed by atoms with Gasteiger partial charge in [-0.15, -0.1) is 11.3 Å². The summed E-state index contributed by atoms with van der Waals surface area (Å²) in [7, 11) is 0. The van der Waals surface area contributed by atoms with Crippen molar-refractivity contribution in [2.24, 2.45) is 0 Å². The lowest BCUT2D eigenvalue weighted by Crippen LogP contribution is -2.00. The summed E-state index contributed by atoms with van der Waals surface area (Å²) < 4.78 is 50.3. The molecule has 0 atom stereocenters. The van der Waals surface area contributed by atoms with Gasteiger partial charge in [0.15, 0.2) is 17.5 Å². The van der Waals surface area contributed by atoms with E-state index in [0.29, 0.717) is 34.2 Å². The number of hydrogen-bond acceptors (Lipinski definition) is 5. The van der Waals surface area contributed by atoms with Gasteiger partial charge in [0.1, 0.15) is 11.2 Å². The summed E-state index contributed by atoms with van der Waals surface area (Å²) in [6.45, 7) is 0. The Labute approximate surface area is 264 Å². The molecule has 9 aromatic rings. The molecule has 0 aliphatic rings. The van der Waals surface area contributed by atoms with Crippen LogP contribution >= 0.6 is 11.3 Å². The second-order valence-corrected chi connectivity index (χ2v) is 11.6. The Morgan fingerprint density at radius 2 is 1.16 bits per heavy atom. The summed E-state index contributed by atoms with van der Waals surface area (Å²) >= 11 is 1.74. The fourth-order valence-corrected chi connectivity index (χ4v) is 6.88. The number of rotatable bonds is 4. The number of thiophene rings is 1. The van der Waals surface area contributed by atoms with Gasteiger partial charge in [0, 0.05) is 53.2 Å². The van der Waals surface area contributed by atoms with Gasteiger partial charge in [-0.2, -0.15) is 0 Å². The van der Waals surface area contributed by atoms with Crippen LogP contribution < -0.4 is 0 Å². The molecule has 0 aliphatic carbocycles. The maximum absolute atomic E-state index is 8.55. The maximum atomic E-state index is 8.55. The normalized spacial score (nSPS) is 13.2. The molecule has 0 saturated carbocycles. The van der Waals surface area contributed by atoms with Crippen molar-refractivity contribution in [1.29, 1.82) is 0 Å². The fraction of sp³-hybridized carbons (Fsp3) is 0. The van der Waals surface area contributed by atoms with Gasteiger partial charge < -0.3 is 4.42 Å². The lowest BCUT2D eigenvalue weighted by Gasteiger charge is -2.08. The predicted molar refractivity (Wildman–Crippen MR) is 182 cm³/mol. The zero-order valence-corrected chi connectivity index (χ0v) is 23.9. The number of benzene rings is 6. The molecule has 6 aromatic carbocycles. The van der Waals surface area contributed by atoms with Gasteiger partial charge in [-0.25, -0.2) is 15.0 Å². The molecule has 206 valence electrons. The van der Waals surface area contributed by atoms with Crippen molar-refractivity contribution in [1.82, 2.24) is 15.0 Å². The highest BCUT2D eigenvalue weighted by Crippen LogP contribution is 2.38. The minimum Gasteiger partial charge on any atom is -0.455 e. The minimum absolute atomic E-state index is 0.0982. The van der Waals surface area contributed by atoms with Crippen molar-refractivity contribution < 1.29 is 11.3 Å². The highest BCUT2D eigenvalue weighted by Gasteiger charge is 2.17. The fourth-order valence-electron chi connectivity index (χ4n) is 5.73. The third-order valence-corrected chi connectivity index (χ3v) is 8.96. The number of nitrogens with zero attached hydrogens (tertiary/aromatic N) is 3. The van der Waals surface area contributed by atoms with Gasteiger partial charge >= 0.3 is 0 Å². The number of para-hydroxylation sites is 1. The molecule has 0 radical (unpaired) electrons. The summed E-state index contributed by atoms with van der Waals surface area (Å²) in [5.41, 5.74) is 3.99. The van der Waals surface area contributed by atoms with Crippen molar-refractivity contribution in [3.63, 3.8) is 0 Å². The van der Waals surface area contributed by atoms with Crippen molar-refractivity contribution in [2.75, 3.05) is 0 Å². The van der Waals surface area contributed by atoms with Crippen molar-refractivity contribution >= 4 is 53.4 Å². The zero-order valence-electron chi connectivity index (χ0n) is 28.1. The van der Waals surface area contributed by atoms with E-state index in [0.717, 1.165) is 32.2 Å². The van der Waals surface area contributed by atoms with E-state index < -0.39 is 18.1 Å². The van der Waals surface area contributed by atoms with Gasteiger partial charge in [-0.05, 0) is 29.8 Å². The van der Waals surface area contributed by atoms with Crippen LogP contribution in [0.3, 0.4) is 0 Å². The van der Waals surface area contributed by atoms with Crippen molar-refractivity contribution in [2.45, 2.75) is 0 Å². The molecule has 4 nitrogen and oxygen atoms in total. The van der Waals surface area contributed by atoms with Crippen LogP contribution in [0.25, 0.3) is 87.4 Å². The monoisotopic (exact) mass is 586 g/mol. The first-order chi connectivity index (χ1) is 23.9. The van der Waals surface area contributed by atoms with E-state index in [2.05, 4.69) is 42.5 Å². The van der Waals surface area contributed by atoms with Crippen LogP contribution in [0.4, 0.5) is 0 Å². The third kappa shape index (κ3) is 4.09. The summed E-state index contributed by atoms with van der Waals surface area (Å²) in [4.78, 5) is 14.8. The van der Waals surface area contributed by atoms with Crippen LogP contribution in [0.15, 0.2) is 144 Å². The molecule has 3 aromatic heterocycles. The number of hydrogen-bond donors (Lipinski definition) is 0. The number of fused-ring (bicyclic) bond motifs is 6. The smallest absolute Gasteiger partial charge is 0.164 e. The molecule has 0 saturated heterocycles. The first kappa shape index (κ1) is 20.3. The SMILES string of the molecule is [2H]c1c([2H])c([2H])c(-c2cccc3c2oc2cc(-c4nc(-c5ccccc5)nc(-c5ccc6c(c5)sc5ccccc56)n4)ccc23)c([2H])c1[2H]. The predicted octanol–water partition coefficient (Wildman–Crippen LogP) is 10.8. The van der Waals surface area contributed by atoms with Crippen LogP contribution in [0.5, 0.6) is 0 Å². The molecule has 0 spiro atoms. The van der Waals surface area contributed by atoms with Gasteiger partial charge in [0.25, 0.3) is 0 Å². The summed E-state index contributed by atoms with van der Waals surface area (Å²) in [5, 5.41) is 4.01. The van der Waals surface area contributed by atoms with E-state index in [9.17, 15) is 0 Å². The van der Waals surface area contributed by atoms with Gasteiger partial charge in [0.2, 0.25) is 0 Å². The van der Waals surface area contributed by atoms with E-state index in [-0.39, 0.29) is 17.6 Å². The molecule has 0 amide bonds. The van der Waals surface area contributed by atoms with Gasteiger partial charge in [-0.1, -0.05) is 115 Å². The first-order valence-electron chi connectivity index (χ1n) is 16.6. The molecular formula is C39H23N3OS. The maximum Gasteiger partial charge on any atom is 0.164 e. The van der Waals surface area contributed by atoms with Crippen LogP contribution in [-0.4, -0.2) is 15.0 Å². The summed E-state index contributed by atoms with van der Waals surface area (Å²) in [6.07, 6.45) is 0. The molecule has 0 fully saturated rings. The van der Waals surface area contributed by atoms with Gasteiger partial charge in [0.05, 0.1) is 6.85 Å². The lowest BCUT2D eigenvalue weighted by molar-refractivity contribution is 0.670. The Hall–Kier alpha value is -5.65. The quantitative estimate of drug-likeness (QED) is 0.206. The second kappa shape index (κ2) is 9.97. The Bertz CT molecular complexity index is 2770. The molecule has 0 unspecified atom stereocenters. The van der Waals surface area contributed by atoms with E-state index in [4.69, 9.17) is 26.2 Å². The average molecular weight is 587 g/mol. The van der Waals surface area contributed by atoms with Crippen LogP contribution in [0.1, 0.15) is 6.85 Å². The Morgan fingerprint density at radius 1 is 0.500 bits per heavy atom. The molecule has 44 heavy (non-hydrogen) atoms. The number of aromatic nitrogens is 3. The van der Waals surface area contributed by atoms with Crippen LogP contribution in [0.2, 0.25) is 0 Å². The van der Waals surface area contributed by atoms with E-state index in [1.807, 2.05) is 54.6 Å². The topological polar surface area (TPSA) is 51.8 Å². The molecule has 0 aliphatic heterocycles. The molecule has 0 bridgehead atoms.